The normalized spacial score (nSPS) is 27.1. The van der Waals surface area contributed by atoms with Crippen LogP contribution in [0.15, 0.2) is 24.3 Å². The summed E-state index contributed by atoms with van der Waals surface area (Å²) in [5, 5.41) is 3.42. The van der Waals surface area contributed by atoms with Gasteiger partial charge in [-0.05, 0) is 31.0 Å². The molecule has 1 heterocycles. The van der Waals surface area contributed by atoms with Crippen molar-refractivity contribution in [2.75, 3.05) is 4.90 Å². The summed E-state index contributed by atoms with van der Waals surface area (Å²) in [5.41, 5.74) is 0.537. The Morgan fingerprint density at radius 1 is 1.28 bits per heavy atom. The highest BCUT2D eigenvalue weighted by atomic mass is 35.5. The van der Waals surface area contributed by atoms with Crippen LogP contribution in [0.3, 0.4) is 0 Å². The monoisotopic (exact) mass is 264 g/mol. The van der Waals surface area contributed by atoms with E-state index in [1.54, 1.807) is 24.3 Å². The molecule has 1 saturated heterocycles. The van der Waals surface area contributed by atoms with Crippen LogP contribution in [0.4, 0.5) is 10.5 Å². The second-order valence-corrected chi connectivity index (χ2v) is 5.18. The van der Waals surface area contributed by atoms with Crippen molar-refractivity contribution in [3.63, 3.8) is 0 Å². The number of carbonyl (C=O) groups is 2. The molecule has 1 N–H and O–H groups in total. The van der Waals surface area contributed by atoms with Crippen molar-refractivity contribution in [3.05, 3.63) is 29.3 Å². The van der Waals surface area contributed by atoms with Gasteiger partial charge >= 0.3 is 6.03 Å². The lowest BCUT2D eigenvalue weighted by atomic mass is 9.99. The summed E-state index contributed by atoms with van der Waals surface area (Å²) in [4.78, 5) is 25.6. The van der Waals surface area contributed by atoms with E-state index in [0.29, 0.717) is 10.7 Å². The standard InChI is InChI=1S/C13H13ClN2O2/c14-8-3-1-4-9(7-8)16-12(17)10-5-2-6-11(10)15-13(16)18/h1,3-4,7,10-11H,2,5-6H2,(H,15,18). The summed E-state index contributed by atoms with van der Waals surface area (Å²) in [5.74, 6) is -0.190. The van der Waals surface area contributed by atoms with E-state index < -0.39 is 0 Å². The maximum Gasteiger partial charge on any atom is 0.328 e. The molecule has 18 heavy (non-hydrogen) atoms. The van der Waals surface area contributed by atoms with Gasteiger partial charge in [0.05, 0.1) is 11.6 Å². The van der Waals surface area contributed by atoms with Gasteiger partial charge in [0.15, 0.2) is 0 Å². The lowest BCUT2D eigenvalue weighted by Crippen LogP contribution is -2.58. The molecule has 3 rings (SSSR count). The highest BCUT2D eigenvalue weighted by Crippen LogP contribution is 2.33. The molecule has 2 fully saturated rings. The Morgan fingerprint density at radius 2 is 2.11 bits per heavy atom. The Morgan fingerprint density at radius 3 is 2.89 bits per heavy atom. The van der Waals surface area contributed by atoms with Gasteiger partial charge < -0.3 is 5.32 Å². The third kappa shape index (κ3) is 1.77. The molecule has 1 aliphatic heterocycles. The first-order chi connectivity index (χ1) is 8.66. The maximum atomic E-state index is 12.4. The second-order valence-electron chi connectivity index (χ2n) is 4.75. The molecular formula is C13H13ClN2O2. The summed E-state index contributed by atoms with van der Waals surface area (Å²) in [6.07, 6.45) is 2.73. The first-order valence-corrected chi connectivity index (χ1v) is 6.44. The number of benzene rings is 1. The van der Waals surface area contributed by atoms with Crippen molar-refractivity contribution < 1.29 is 9.59 Å². The molecule has 1 saturated carbocycles. The Labute approximate surface area is 110 Å². The highest BCUT2D eigenvalue weighted by Gasteiger charge is 2.43. The minimum absolute atomic E-state index is 0.0143. The third-order valence-corrected chi connectivity index (χ3v) is 3.87. The Hall–Kier alpha value is -1.55. The zero-order chi connectivity index (χ0) is 12.7. The van der Waals surface area contributed by atoms with Crippen LogP contribution in [-0.4, -0.2) is 18.0 Å². The fraction of sp³-hybridized carbons (Fsp3) is 0.385. The molecule has 0 spiro atoms. The van der Waals surface area contributed by atoms with Crippen molar-refractivity contribution in [1.29, 1.82) is 0 Å². The van der Waals surface area contributed by atoms with Crippen molar-refractivity contribution in [2.24, 2.45) is 5.92 Å². The topological polar surface area (TPSA) is 49.4 Å². The lowest BCUT2D eigenvalue weighted by Gasteiger charge is -2.33. The quantitative estimate of drug-likeness (QED) is 0.847. The number of carbonyl (C=O) groups excluding carboxylic acids is 2. The number of nitrogens with one attached hydrogen (secondary N) is 1. The summed E-state index contributed by atoms with van der Waals surface area (Å²) in [6.45, 7) is 0. The number of anilines is 1. The van der Waals surface area contributed by atoms with Crippen LogP contribution in [0.1, 0.15) is 19.3 Å². The van der Waals surface area contributed by atoms with E-state index in [2.05, 4.69) is 5.32 Å². The summed E-state index contributed by atoms with van der Waals surface area (Å²) >= 11 is 5.90. The van der Waals surface area contributed by atoms with Crippen LogP contribution in [0.25, 0.3) is 0 Å². The molecule has 3 amide bonds. The summed E-state index contributed by atoms with van der Waals surface area (Å²) in [7, 11) is 0. The SMILES string of the molecule is O=C1NC2CCCC2C(=O)N1c1cccc(Cl)c1. The van der Waals surface area contributed by atoms with E-state index >= 15 is 0 Å². The predicted octanol–water partition coefficient (Wildman–Crippen LogP) is 2.56. The van der Waals surface area contributed by atoms with Crippen LogP contribution in [0.5, 0.6) is 0 Å². The van der Waals surface area contributed by atoms with Gasteiger partial charge in [-0.15, -0.1) is 0 Å². The van der Waals surface area contributed by atoms with Gasteiger partial charge in [0.25, 0.3) is 0 Å². The third-order valence-electron chi connectivity index (χ3n) is 3.63. The molecule has 2 unspecified atom stereocenters. The zero-order valence-corrected chi connectivity index (χ0v) is 10.5. The number of imide groups is 1. The van der Waals surface area contributed by atoms with Gasteiger partial charge in [0, 0.05) is 11.1 Å². The number of urea groups is 1. The van der Waals surface area contributed by atoms with Gasteiger partial charge in [-0.2, -0.15) is 0 Å². The predicted molar refractivity (Wildman–Crippen MR) is 68.6 cm³/mol. The van der Waals surface area contributed by atoms with E-state index in [9.17, 15) is 9.59 Å². The molecular weight excluding hydrogens is 252 g/mol. The van der Waals surface area contributed by atoms with Crippen molar-refractivity contribution in [2.45, 2.75) is 25.3 Å². The number of hydrogen-bond donors (Lipinski definition) is 1. The maximum absolute atomic E-state index is 12.4. The molecule has 4 nitrogen and oxygen atoms in total. The Bertz CT molecular complexity index is 517. The molecule has 0 radical (unpaired) electrons. The smallest absolute Gasteiger partial charge is 0.328 e. The number of hydrogen-bond acceptors (Lipinski definition) is 2. The molecule has 0 bridgehead atoms. The number of fused-ring (bicyclic) bond motifs is 1. The zero-order valence-electron chi connectivity index (χ0n) is 9.73. The molecule has 0 aromatic heterocycles. The van der Waals surface area contributed by atoms with Crippen LogP contribution in [0.2, 0.25) is 5.02 Å². The van der Waals surface area contributed by atoms with E-state index in [1.165, 1.54) is 4.90 Å². The lowest BCUT2D eigenvalue weighted by molar-refractivity contribution is -0.122. The number of amides is 3. The van der Waals surface area contributed by atoms with E-state index in [0.717, 1.165) is 19.3 Å². The number of rotatable bonds is 1. The fourth-order valence-corrected chi connectivity index (χ4v) is 2.96. The van der Waals surface area contributed by atoms with Crippen LogP contribution in [0, 0.1) is 5.92 Å². The van der Waals surface area contributed by atoms with Gasteiger partial charge in [0.1, 0.15) is 0 Å². The van der Waals surface area contributed by atoms with Crippen LogP contribution >= 0.6 is 11.6 Å². The van der Waals surface area contributed by atoms with Crippen molar-refractivity contribution in [3.8, 4) is 0 Å². The number of halogens is 1. The summed E-state index contributed by atoms with van der Waals surface area (Å²) in [6, 6.07) is 6.48. The first kappa shape index (κ1) is 11.5. The van der Waals surface area contributed by atoms with Crippen molar-refractivity contribution >= 4 is 29.2 Å². The van der Waals surface area contributed by atoms with Crippen LogP contribution in [-0.2, 0) is 4.79 Å². The average Bonchev–Trinajstić information content (AvgIpc) is 2.77. The minimum atomic E-state index is -0.342. The molecule has 1 aromatic rings. The highest BCUT2D eigenvalue weighted by molar-refractivity contribution is 6.31. The average molecular weight is 265 g/mol. The van der Waals surface area contributed by atoms with E-state index in [1.807, 2.05) is 0 Å². The minimum Gasteiger partial charge on any atom is -0.334 e. The second kappa shape index (κ2) is 4.28. The largest absolute Gasteiger partial charge is 0.334 e. The van der Waals surface area contributed by atoms with E-state index in [4.69, 9.17) is 11.6 Å². The Kier molecular flexibility index (Phi) is 2.74. The molecule has 94 valence electrons. The van der Waals surface area contributed by atoms with Gasteiger partial charge in [-0.1, -0.05) is 24.1 Å². The van der Waals surface area contributed by atoms with Gasteiger partial charge in [-0.3, -0.25) is 4.79 Å². The molecule has 2 aliphatic rings. The molecule has 2 atom stereocenters. The number of nitrogens with zero attached hydrogens (tertiary/aromatic N) is 1. The van der Waals surface area contributed by atoms with Gasteiger partial charge in [0.2, 0.25) is 5.91 Å². The van der Waals surface area contributed by atoms with E-state index in [-0.39, 0.29) is 23.9 Å². The molecule has 5 heteroatoms. The molecule has 1 aromatic carbocycles. The van der Waals surface area contributed by atoms with Crippen molar-refractivity contribution in [1.82, 2.24) is 5.32 Å². The summed E-state index contributed by atoms with van der Waals surface area (Å²) < 4.78 is 0. The Balaban J connectivity index is 1.96. The van der Waals surface area contributed by atoms with Crippen LogP contribution < -0.4 is 10.2 Å². The van der Waals surface area contributed by atoms with Gasteiger partial charge in [-0.25, -0.2) is 9.69 Å². The molecule has 1 aliphatic carbocycles. The fourth-order valence-electron chi connectivity index (χ4n) is 2.78. The first-order valence-electron chi connectivity index (χ1n) is 6.07.